The van der Waals surface area contributed by atoms with Gasteiger partial charge in [-0.15, -0.1) is 0 Å². The van der Waals surface area contributed by atoms with Crippen molar-refractivity contribution in [3.05, 3.63) is 0 Å². The van der Waals surface area contributed by atoms with Gasteiger partial charge in [-0.2, -0.15) is 0 Å². The van der Waals surface area contributed by atoms with E-state index in [-0.39, 0.29) is 0 Å². The Morgan fingerprint density at radius 1 is 1.80 bits per heavy atom. The zero-order chi connectivity index (χ0) is 4.12. The maximum absolute atomic E-state index is 4.63. The molecule has 0 saturated carbocycles. The second-order valence-electron chi connectivity index (χ2n) is 0.833. The molecular weight excluding hydrogens is 103 g/mol. The standard InChI is InChI=1S/C3H7O.V/c1-2-3-4;/h2-3H2,1H3;/q-1;+1. The van der Waals surface area contributed by atoms with Crippen molar-refractivity contribution in [3.8, 4) is 0 Å². The summed E-state index contributed by atoms with van der Waals surface area (Å²) in [7, 11) is 0. The molecule has 0 aliphatic carbocycles. The molecule has 0 atom stereocenters. The molecule has 0 fully saturated rings. The summed E-state index contributed by atoms with van der Waals surface area (Å²) < 4.78 is 4.63. The summed E-state index contributed by atoms with van der Waals surface area (Å²) in [4.78, 5) is 0. The monoisotopic (exact) mass is 110 g/mol. The van der Waals surface area contributed by atoms with Crippen LogP contribution in [-0.4, -0.2) is 6.61 Å². The number of rotatable bonds is 2. The fourth-order valence-corrected chi connectivity index (χ4v) is 0.376. The van der Waals surface area contributed by atoms with E-state index in [0.29, 0.717) is 0 Å². The molecule has 0 aromatic carbocycles. The first-order chi connectivity index (χ1) is 2.41. The summed E-state index contributed by atoms with van der Waals surface area (Å²) in [6.45, 7) is 2.94. The Bertz CT molecular complexity index is 14.4. The first-order valence-corrected chi connectivity index (χ1v) is 2.25. The molecule has 2 heteroatoms. The average Bonchev–Trinajstić information content (AvgIpc) is 1.41. The van der Waals surface area contributed by atoms with Gasteiger partial charge in [0.25, 0.3) is 0 Å². The second kappa shape index (κ2) is 4.54. The van der Waals surface area contributed by atoms with Crippen molar-refractivity contribution in [3.63, 3.8) is 0 Å². The van der Waals surface area contributed by atoms with Crippen LogP contribution in [0.15, 0.2) is 0 Å². The third-order valence-electron chi connectivity index (χ3n) is 0.295. The van der Waals surface area contributed by atoms with Crippen molar-refractivity contribution in [2.45, 2.75) is 13.3 Å². The third kappa shape index (κ3) is 4.54. The summed E-state index contributed by atoms with van der Waals surface area (Å²) in [5.41, 5.74) is 0. The zero-order valence-corrected chi connectivity index (χ0v) is 4.67. The van der Waals surface area contributed by atoms with E-state index in [1.54, 1.807) is 0 Å². The quantitative estimate of drug-likeness (QED) is 0.512. The minimum absolute atomic E-state index is 0.861. The molecule has 0 spiro atoms. The van der Waals surface area contributed by atoms with Crippen molar-refractivity contribution in [1.29, 1.82) is 0 Å². The van der Waals surface area contributed by atoms with Gasteiger partial charge < -0.3 is 0 Å². The van der Waals surface area contributed by atoms with E-state index < -0.39 is 0 Å². The topological polar surface area (TPSA) is 9.23 Å². The van der Waals surface area contributed by atoms with Gasteiger partial charge in [0, 0.05) is 0 Å². The summed E-state index contributed by atoms with van der Waals surface area (Å²) in [5.74, 6) is 0. The van der Waals surface area contributed by atoms with Gasteiger partial charge in [-0.1, -0.05) is 0 Å². The molecule has 0 aliphatic rings. The second-order valence-corrected chi connectivity index (χ2v) is 1.24. The van der Waals surface area contributed by atoms with E-state index in [1.807, 2.05) is 0 Å². The van der Waals surface area contributed by atoms with Gasteiger partial charge in [-0.05, 0) is 0 Å². The summed E-state index contributed by atoms with van der Waals surface area (Å²) in [5, 5.41) is 0. The van der Waals surface area contributed by atoms with Gasteiger partial charge in [0.15, 0.2) is 0 Å². The molecule has 0 heterocycles. The molecule has 0 aliphatic heterocycles. The molecule has 5 heavy (non-hydrogen) atoms. The predicted octanol–water partition coefficient (Wildman–Crippen LogP) is 0.875. The molecule has 0 aromatic heterocycles. The first-order valence-electron chi connectivity index (χ1n) is 1.68. The van der Waals surface area contributed by atoms with Crippen LogP contribution in [0.1, 0.15) is 13.3 Å². The van der Waals surface area contributed by atoms with Crippen LogP contribution in [0, 0.1) is 0 Å². The predicted molar refractivity (Wildman–Crippen MR) is 16.2 cm³/mol. The Hall–Kier alpha value is 0.544. The molecule has 0 saturated heterocycles. The van der Waals surface area contributed by atoms with Crippen molar-refractivity contribution in [2.75, 3.05) is 6.61 Å². The van der Waals surface area contributed by atoms with E-state index in [1.165, 1.54) is 0 Å². The van der Waals surface area contributed by atoms with Crippen LogP contribution in [-0.2, 0) is 21.4 Å². The molecular formula is C3H7OV. The fraction of sp³-hybridized carbons (Fsp3) is 1.00. The van der Waals surface area contributed by atoms with Crippen LogP contribution in [0.4, 0.5) is 0 Å². The summed E-state index contributed by atoms with van der Waals surface area (Å²) >= 11 is 2.08. The van der Waals surface area contributed by atoms with E-state index in [2.05, 4.69) is 28.4 Å². The number of hydrogen-bond donors (Lipinski definition) is 0. The molecule has 0 rings (SSSR count). The molecule has 0 amide bonds. The Balaban J connectivity index is 2.19. The Labute approximate surface area is 42.0 Å². The minimum atomic E-state index is 0.861. The van der Waals surface area contributed by atoms with Crippen molar-refractivity contribution in [1.82, 2.24) is 0 Å². The normalized spacial score (nSPS) is 8.20. The zero-order valence-electron chi connectivity index (χ0n) is 3.27. The van der Waals surface area contributed by atoms with E-state index in [9.17, 15) is 0 Å². The number of hydrogen-bond acceptors (Lipinski definition) is 1. The van der Waals surface area contributed by atoms with Crippen molar-refractivity contribution >= 4 is 0 Å². The van der Waals surface area contributed by atoms with Crippen LogP contribution >= 0.6 is 0 Å². The fourth-order valence-electron chi connectivity index (χ4n) is 0.0913. The first kappa shape index (κ1) is 5.54. The van der Waals surface area contributed by atoms with Crippen LogP contribution in [0.3, 0.4) is 0 Å². The molecule has 0 bridgehead atoms. The molecule has 0 aromatic rings. The summed E-state index contributed by atoms with van der Waals surface area (Å²) in [6.07, 6.45) is 1.11. The Kier molecular flexibility index (Phi) is 5.04. The SMILES string of the molecule is CCC[O][V]. The van der Waals surface area contributed by atoms with Gasteiger partial charge in [-0.25, -0.2) is 0 Å². The van der Waals surface area contributed by atoms with Gasteiger partial charge in [-0.3, -0.25) is 0 Å². The third-order valence-corrected chi connectivity index (χ3v) is 0.581. The molecule has 1 nitrogen and oxygen atoms in total. The molecule has 0 unspecified atom stereocenters. The van der Waals surface area contributed by atoms with Crippen LogP contribution in [0.5, 0.6) is 0 Å². The molecule has 0 radical (unpaired) electrons. The van der Waals surface area contributed by atoms with Crippen molar-refractivity contribution < 1.29 is 21.4 Å². The van der Waals surface area contributed by atoms with E-state index >= 15 is 0 Å². The van der Waals surface area contributed by atoms with Gasteiger partial charge in [0.1, 0.15) is 0 Å². The van der Waals surface area contributed by atoms with Crippen LogP contribution < -0.4 is 0 Å². The summed E-state index contributed by atoms with van der Waals surface area (Å²) in [6, 6.07) is 0. The van der Waals surface area contributed by atoms with Crippen molar-refractivity contribution in [2.24, 2.45) is 0 Å². The van der Waals surface area contributed by atoms with Gasteiger partial charge in [0.05, 0.1) is 0 Å². The van der Waals surface area contributed by atoms with Gasteiger partial charge in [0.2, 0.25) is 0 Å². The maximum atomic E-state index is 4.63. The van der Waals surface area contributed by atoms with Crippen LogP contribution in [0.2, 0.25) is 0 Å². The van der Waals surface area contributed by atoms with Crippen LogP contribution in [0.25, 0.3) is 0 Å². The Morgan fingerprint density at radius 3 is 2.40 bits per heavy atom. The molecule has 0 N–H and O–H groups in total. The van der Waals surface area contributed by atoms with E-state index in [0.717, 1.165) is 13.0 Å². The molecule has 30 valence electrons. The average molecular weight is 110 g/mol. The van der Waals surface area contributed by atoms with Gasteiger partial charge >= 0.3 is 41.4 Å². The van der Waals surface area contributed by atoms with E-state index in [4.69, 9.17) is 0 Å². The Morgan fingerprint density at radius 2 is 2.40 bits per heavy atom.